The van der Waals surface area contributed by atoms with Gasteiger partial charge >= 0.3 is 0 Å². The molecule has 1 saturated heterocycles. The summed E-state index contributed by atoms with van der Waals surface area (Å²) in [6.07, 6.45) is 10.6. The molecule has 8 N–H and O–H groups in total. The molecule has 2 fully saturated rings. The van der Waals surface area contributed by atoms with Gasteiger partial charge in [0.2, 0.25) is 0 Å². The predicted molar refractivity (Wildman–Crippen MR) is 109 cm³/mol. The maximum absolute atomic E-state index is 9.08. The number of amidine groups is 1. The molecule has 1 heterocycles. The summed E-state index contributed by atoms with van der Waals surface area (Å²) in [5.74, 6) is 1.19. The van der Waals surface area contributed by atoms with Crippen LogP contribution in [0.1, 0.15) is 25.7 Å². The highest BCUT2D eigenvalue weighted by Crippen LogP contribution is 2.54. The molecule has 26 heavy (non-hydrogen) atoms. The molecule has 7 nitrogen and oxygen atoms in total. The quantitative estimate of drug-likeness (QED) is 0.171. The summed E-state index contributed by atoms with van der Waals surface area (Å²) in [6, 6.07) is 0.203. The van der Waals surface area contributed by atoms with Crippen molar-refractivity contribution in [3.63, 3.8) is 0 Å². The van der Waals surface area contributed by atoms with Crippen LogP contribution < -0.4 is 22.5 Å². The lowest BCUT2D eigenvalue weighted by Crippen LogP contribution is -2.29. The molecule has 1 unspecified atom stereocenters. The van der Waals surface area contributed by atoms with Crippen molar-refractivity contribution in [1.82, 2.24) is 5.32 Å². The van der Waals surface area contributed by atoms with E-state index in [0.29, 0.717) is 11.5 Å². The fourth-order valence-corrected chi connectivity index (χ4v) is 4.03. The SMILES string of the molecule is N/C=C/C=C(N)/C(N)=N\C(=C/C1CCOCCN1)C1(SCCCO)CC1. The number of nitrogens with two attached hydrogens (primary N) is 3. The zero-order valence-electron chi connectivity index (χ0n) is 15.2. The minimum Gasteiger partial charge on any atom is -0.405 e. The van der Waals surface area contributed by atoms with E-state index in [1.807, 2.05) is 11.8 Å². The minimum absolute atomic E-state index is 0.0291. The maximum atomic E-state index is 9.08. The number of aliphatic imine (C=N–C) groups is 1. The van der Waals surface area contributed by atoms with E-state index >= 15 is 0 Å². The Hall–Kier alpha value is -1.48. The molecular weight excluding hydrogens is 350 g/mol. The molecule has 0 radical (unpaired) electrons. The number of ether oxygens (including phenoxy) is 1. The highest BCUT2D eigenvalue weighted by Gasteiger charge is 2.47. The molecule has 1 aliphatic heterocycles. The Morgan fingerprint density at radius 3 is 2.85 bits per heavy atom. The summed E-state index contributed by atoms with van der Waals surface area (Å²) >= 11 is 1.84. The smallest absolute Gasteiger partial charge is 0.146 e. The Bertz CT molecular complexity index is 562. The van der Waals surface area contributed by atoms with Crippen LogP contribution in [0.5, 0.6) is 0 Å². The molecule has 8 heteroatoms. The Labute approximate surface area is 159 Å². The van der Waals surface area contributed by atoms with Gasteiger partial charge in [-0.25, -0.2) is 4.99 Å². The fourth-order valence-electron chi connectivity index (χ4n) is 2.71. The molecule has 0 bridgehead atoms. The molecule has 2 rings (SSSR count). The second-order valence-corrected chi connectivity index (χ2v) is 7.92. The molecular formula is C18H31N5O2S. The zero-order chi connectivity index (χ0) is 18.8. The Kier molecular flexibility index (Phi) is 8.50. The molecule has 2 aliphatic rings. The van der Waals surface area contributed by atoms with E-state index < -0.39 is 0 Å². The van der Waals surface area contributed by atoms with E-state index in [1.54, 1.807) is 12.2 Å². The number of hydrogen-bond donors (Lipinski definition) is 5. The summed E-state index contributed by atoms with van der Waals surface area (Å²) in [7, 11) is 0. The monoisotopic (exact) mass is 381 g/mol. The predicted octanol–water partition coefficient (Wildman–Crippen LogP) is 0.569. The van der Waals surface area contributed by atoms with E-state index in [9.17, 15) is 0 Å². The van der Waals surface area contributed by atoms with E-state index in [2.05, 4.69) is 11.4 Å². The third-order valence-corrected chi connectivity index (χ3v) is 6.02. The number of rotatable bonds is 9. The van der Waals surface area contributed by atoms with Gasteiger partial charge in [-0.2, -0.15) is 0 Å². The third kappa shape index (κ3) is 6.35. The summed E-state index contributed by atoms with van der Waals surface area (Å²) in [6.45, 7) is 2.48. The lowest BCUT2D eigenvalue weighted by Gasteiger charge is -2.19. The standard InChI is InChI=1S/C18H31N5O2S/c19-7-1-3-15(20)17(21)23-16(13-14-4-10-25-11-8-22-14)18(5-6-18)26-12-2-9-24/h1,3,7,13-14,22,24H,2,4-6,8-12,19-20H2,(H2,21,23)/b7-1+,15-3-,16-13-. The molecule has 146 valence electrons. The van der Waals surface area contributed by atoms with Gasteiger partial charge in [0.15, 0.2) is 0 Å². The summed E-state index contributed by atoms with van der Waals surface area (Å²) < 4.78 is 5.49. The van der Waals surface area contributed by atoms with Gasteiger partial charge in [-0.3, -0.25) is 0 Å². The van der Waals surface area contributed by atoms with E-state index in [1.165, 1.54) is 6.20 Å². The molecule has 1 atom stereocenters. The van der Waals surface area contributed by atoms with Crippen LogP contribution in [0.15, 0.2) is 40.8 Å². The normalized spacial score (nSPS) is 24.7. The maximum Gasteiger partial charge on any atom is 0.146 e. The number of nitrogens with zero attached hydrogens (tertiary/aromatic N) is 1. The lowest BCUT2D eigenvalue weighted by atomic mass is 10.1. The van der Waals surface area contributed by atoms with Crippen molar-refractivity contribution in [2.24, 2.45) is 22.2 Å². The Morgan fingerprint density at radius 1 is 1.35 bits per heavy atom. The van der Waals surface area contributed by atoms with Crippen LogP contribution in [0.3, 0.4) is 0 Å². The van der Waals surface area contributed by atoms with Crippen molar-refractivity contribution < 1.29 is 9.84 Å². The van der Waals surface area contributed by atoms with Crippen molar-refractivity contribution in [2.45, 2.75) is 36.5 Å². The zero-order valence-corrected chi connectivity index (χ0v) is 16.0. The molecule has 0 amide bonds. The van der Waals surface area contributed by atoms with E-state index in [0.717, 1.165) is 56.9 Å². The highest BCUT2D eigenvalue weighted by atomic mass is 32.2. The first kappa shape index (κ1) is 20.8. The summed E-state index contributed by atoms with van der Waals surface area (Å²) in [4.78, 5) is 4.69. The topological polar surface area (TPSA) is 132 Å². The first-order chi connectivity index (χ1) is 12.6. The van der Waals surface area contributed by atoms with Crippen LogP contribution in [0.4, 0.5) is 0 Å². The largest absolute Gasteiger partial charge is 0.405 e. The van der Waals surface area contributed by atoms with Gasteiger partial charge in [-0.05, 0) is 55.9 Å². The van der Waals surface area contributed by atoms with Crippen LogP contribution in [-0.4, -0.2) is 53.8 Å². The second-order valence-electron chi connectivity index (χ2n) is 6.44. The van der Waals surface area contributed by atoms with Crippen molar-refractivity contribution in [3.8, 4) is 0 Å². The van der Waals surface area contributed by atoms with E-state index in [4.69, 9.17) is 32.0 Å². The number of thioether (sulfide) groups is 1. The van der Waals surface area contributed by atoms with Crippen molar-refractivity contribution >= 4 is 17.6 Å². The van der Waals surface area contributed by atoms with Gasteiger partial charge < -0.3 is 32.4 Å². The van der Waals surface area contributed by atoms with Crippen molar-refractivity contribution in [3.05, 3.63) is 35.8 Å². The van der Waals surface area contributed by atoms with Crippen LogP contribution >= 0.6 is 11.8 Å². The van der Waals surface area contributed by atoms with Gasteiger partial charge in [-0.1, -0.05) is 0 Å². The van der Waals surface area contributed by atoms with Crippen LogP contribution in [0.25, 0.3) is 0 Å². The first-order valence-electron chi connectivity index (χ1n) is 9.08. The molecule has 0 aromatic carbocycles. The van der Waals surface area contributed by atoms with Gasteiger partial charge in [-0.15, -0.1) is 11.8 Å². The van der Waals surface area contributed by atoms with Gasteiger partial charge in [0.1, 0.15) is 5.84 Å². The number of aliphatic hydroxyl groups is 1. The van der Waals surface area contributed by atoms with Crippen LogP contribution in [0, 0.1) is 0 Å². The minimum atomic E-state index is -0.0291. The fraction of sp³-hybridized carbons (Fsp3) is 0.611. The Morgan fingerprint density at radius 2 is 2.15 bits per heavy atom. The molecule has 1 aliphatic carbocycles. The van der Waals surface area contributed by atoms with Crippen LogP contribution in [0.2, 0.25) is 0 Å². The summed E-state index contributed by atoms with van der Waals surface area (Å²) in [5, 5.41) is 12.6. The lowest BCUT2D eigenvalue weighted by molar-refractivity contribution is 0.150. The average Bonchev–Trinajstić information content (AvgIpc) is 3.44. The van der Waals surface area contributed by atoms with Crippen molar-refractivity contribution in [1.29, 1.82) is 0 Å². The second kappa shape index (κ2) is 10.6. The first-order valence-corrected chi connectivity index (χ1v) is 10.1. The average molecular weight is 382 g/mol. The molecule has 1 saturated carbocycles. The highest BCUT2D eigenvalue weighted by molar-refractivity contribution is 8.01. The Balaban J connectivity index is 2.23. The third-order valence-electron chi connectivity index (χ3n) is 4.36. The van der Waals surface area contributed by atoms with Crippen molar-refractivity contribution in [2.75, 3.05) is 32.1 Å². The number of nitrogens with one attached hydrogen (secondary N) is 1. The van der Waals surface area contributed by atoms with Gasteiger partial charge in [0.25, 0.3) is 0 Å². The van der Waals surface area contributed by atoms with Gasteiger partial charge in [0.05, 0.1) is 22.7 Å². The number of aliphatic hydroxyl groups excluding tert-OH is 1. The van der Waals surface area contributed by atoms with Gasteiger partial charge in [0, 0.05) is 25.8 Å². The molecule has 0 aromatic heterocycles. The van der Waals surface area contributed by atoms with E-state index in [-0.39, 0.29) is 17.4 Å². The summed E-state index contributed by atoms with van der Waals surface area (Å²) in [5.41, 5.74) is 18.8. The number of hydrogen-bond acceptors (Lipinski definition) is 7. The molecule has 0 spiro atoms. The molecule has 0 aromatic rings. The van der Waals surface area contributed by atoms with Crippen LogP contribution in [-0.2, 0) is 4.74 Å². The number of allylic oxidation sites excluding steroid dienone is 2.